The summed E-state index contributed by atoms with van der Waals surface area (Å²) in [6.45, 7) is 0. The summed E-state index contributed by atoms with van der Waals surface area (Å²) >= 11 is 0. The number of benzene rings is 3. The smallest absolute Gasteiger partial charge is 0.250 e. The summed E-state index contributed by atoms with van der Waals surface area (Å²) in [4.78, 5) is 16.6. The minimum atomic E-state index is -0.531. The molecule has 1 aromatic heterocycles. The van der Waals surface area contributed by atoms with Gasteiger partial charge in [0, 0.05) is 16.8 Å². The van der Waals surface area contributed by atoms with Crippen LogP contribution in [-0.2, 0) is 0 Å². The van der Waals surface area contributed by atoms with Crippen molar-refractivity contribution in [3.63, 3.8) is 0 Å². The van der Waals surface area contributed by atoms with Crippen LogP contribution < -0.4 is 16.2 Å². The molecule has 29 heavy (non-hydrogen) atoms. The van der Waals surface area contributed by atoms with Crippen LogP contribution in [0.5, 0.6) is 11.5 Å². The zero-order chi connectivity index (χ0) is 20.2. The second-order valence-electron chi connectivity index (χ2n) is 6.52. The largest absolute Gasteiger partial charge is 0.457 e. The number of amides is 1. The number of nitrogens with zero attached hydrogens (tertiary/aromatic N) is 1. The lowest BCUT2D eigenvalue weighted by Crippen LogP contribution is -2.13. The Morgan fingerprint density at radius 3 is 2.17 bits per heavy atom. The van der Waals surface area contributed by atoms with Crippen molar-refractivity contribution in [1.29, 1.82) is 0 Å². The highest BCUT2D eigenvalue weighted by atomic mass is 16.5. The summed E-state index contributed by atoms with van der Waals surface area (Å²) in [6.07, 6.45) is 0. The van der Waals surface area contributed by atoms with E-state index in [0.717, 1.165) is 16.9 Å². The first-order valence-electron chi connectivity index (χ1n) is 9.10. The highest BCUT2D eigenvalue weighted by Crippen LogP contribution is 2.29. The molecule has 0 fully saturated rings. The molecule has 1 heterocycles. The van der Waals surface area contributed by atoms with Crippen molar-refractivity contribution in [2.45, 2.75) is 0 Å². The summed E-state index contributed by atoms with van der Waals surface area (Å²) in [6, 6.07) is 27.8. The molecule has 0 saturated heterocycles. The fourth-order valence-electron chi connectivity index (χ4n) is 3.04. The van der Waals surface area contributed by atoms with Gasteiger partial charge in [-0.25, -0.2) is 4.98 Å². The number of carbonyl (C=O) groups is 1. The molecule has 1 amide bonds. The van der Waals surface area contributed by atoms with Gasteiger partial charge in [0.2, 0.25) is 0 Å². The highest BCUT2D eigenvalue weighted by molar-refractivity contribution is 5.99. The van der Waals surface area contributed by atoms with E-state index in [2.05, 4.69) is 0 Å². The van der Waals surface area contributed by atoms with Crippen LogP contribution in [-0.4, -0.2) is 10.9 Å². The first-order valence-corrected chi connectivity index (χ1v) is 9.10. The second-order valence-corrected chi connectivity index (χ2v) is 6.52. The number of carbonyl (C=O) groups excluding carboxylic acids is 1. The van der Waals surface area contributed by atoms with Crippen LogP contribution in [0.15, 0.2) is 91.0 Å². The quantitative estimate of drug-likeness (QED) is 0.482. The van der Waals surface area contributed by atoms with Gasteiger partial charge in [0.15, 0.2) is 0 Å². The van der Waals surface area contributed by atoms with Crippen LogP contribution in [0.3, 0.4) is 0 Å². The Morgan fingerprint density at radius 2 is 1.48 bits per heavy atom. The Morgan fingerprint density at radius 1 is 0.759 bits per heavy atom. The van der Waals surface area contributed by atoms with E-state index in [9.17, 15) is 4.79 Å². The predicted molar refractivity (Wildman–Crippen MR) is 115 cm³/mol. The van der Waals surface area contributed by atoms with Crippen molar-refractivity contribution in [2.24, 2.45) is 5.73 Å². The molecule has 0 spiro atoms. The fourth-order valence-corrected chi connectivity index (χ4v) is 3.04. The number of anilines is 1. The van der Waals surface area contributed by atoms with Gasteiger partial charge in [0.05, 0.1) is 17.0 Å². The molecule has 4 rings (SSSR count). The van der Waals surface area contributed by atoms with E-state index in [1.807, 2.05) is 78.9 Å². The average Bonchev–Trinajstić information content (AvgIpc) is 2.74. The molecule has 0 bridgehead atoms. The van der Waals surface area contributed by atoms with E-state index < -0.39 is 5.91 Å². The Bertz CT molecular complexity index is 1160. The summed E-state index contributed by atoms with van der Waals surface area (Å²) in [7, 11) is 0. The Kier molecular flexibility index (Phi) is 4.95. The molecule has 0 aliphatic carbocycles. The number of hydrogen-bond acceptors (Lipinski definition) is 4. The zero-order valence-electron chi connectivity index (χ0n) is 15.6. The maximum Gasteiger partial charge on any atom is 0.250 e. The number of primary amides is 1. The summed E-state index contributed by atoms with van der Waals surface area (Å²) in [5.41, 5.74) is 15.3. The number of aromatic nitrogens is 1. The van der Waals surface area contributed by atoms with Crippen molar-refractivity contribution in [3.05, 3.63) is 96.6 Å². The fraction of sp³-hybridized carbons (Fsp3) is 0. The SMILES string of the molecule is NC(=O)c1ccc(-c2cccc(N)c2)nc1-c1ccc(Oc2ccccc2)cc1. The van der Waals surface area contributed by atoms with Crippen LogP contribution in [0.4, 0.5) is 5.69 Å². The molecule has 142 valence electrons. The molecule has 5 nitrogen and oxygen atoms in total. The van der Waals surface area contributed by atoms with Gasteiger partial charge in [-0.3, -0.25) is 4.79 Å². The van der Waals surface area contributed by atoms with Gasteiger partial charge in [-0.15, -0.1) is 0 Å². The third kappa shape index (κ3) is 4.09. The third-order valence-corrected chi connectivity index (χ3v) is 4.45. The molecule has 0 aliphatic heterocycles. The van der Waals surface area contributed by atoms with Crippen LogP contribution in [0.1, 0.15) is 10.4 Å². The van der Waals surface area contributed by atoms with Gasteiger partial charge in [0.25, 0.3) is 5.91 Å². The van der Waals surface area contributed by atoms with Crippen LogP contribution in [0.2, 0.25) is 0 Å². The number of rotatable bonds is 5. The van der Waals surface area contributed by atoms with Crippen molar-refractivity contribution < 1.29 is 9.53 Å². The van der Waals surface area contributed by atoms with Crippen molar-refractivity contribution >= 4 is 11.6 Å². The van der Waals surface area contributed by atoms with Gasteiger partial charge in [-0.1, -0.05) is 30.3 Å². The molecule has 4 aromatic rings. The molecule has 0 aliphatic rings. The Balaban J connectivity index is 1.70. The van der Waals surface area contributed by atoms with Gasteiger partial charge < -0.3 is 16.2 Å². The van der Waals surface area contributed by atoms with Gasteiger partial charge >= 0.3 is 0 Å². The standard InChI is InChI=1S/C24H19N3O2/c25-18-6-4-5-17(15-18)22-14-13-21(24(26)28)23(27-22)16-9-11-20(12-10-16)29-19-7-2-1-3-8-19/h1-15H,25H2,(H2,26,28). The lowest BCUT2D eigenvalue weighted by atomic mass is 10.0. The van der Waals surface area contributed by atoms with Crippen LogP contribution in [0.25, 0.3) is 22.5 Å². The van der Waals surface area contributed by atoms with Gasteiger partial charge in [-0.2, -0.15) is 0 Å². The van der Waals surface area contributed by atoms with E-state index >= 15 is 0 Å². The topological polar surface area (TPSA) is 91.2 Å². The van der Waals surface area contributed by atoms with Crippen molar-refractivity contribution in [3.8, 4) is 34.0 Å². The molecule has 0 saturated carbocycles. The van der Waals surface area contributed by atoms with E-state index in [1.54, 1.807) is 12.1 Å². The summed E-state index contributed by atoms with van der Waals surface area (Å²) in [5, 5.41) is 0. The van der Waals surface area contributed by atoms with E-state index in [0.29, 0.717) is 28.4 Å². The third-order valence-electron chi connectivity index (χ3n) is 4.45. The van der Waals surface area contributed by atoms with Gasteiger partial charge in [-0.05, 0) is 60.7 Å². The Hall–Kier alpha value is -4.12. The van der Waals surface area contributed by atoms with Gasteiger partial charge in [0.1, 0.15) is 11.5 Å². The molecule has 0 radical (unpaired) electrons. The normalized spacial score (nSPS) is 10.5. The molecule has 0 atom stereocenters. The van der Waals surface area contributed by atoms with E-state index in [4.69, 9.17) is 21.2 Å². The zero-order valence-corrected chi connectivity index (χ0v) is 15.6. The summed E-state index contributed by atoms with van der Waals surface area (Å²) in [5.74, 6) is 0.906. The predicted octanol–water partition coefficient (Wildman–Crippen LogP) is 4.89. The molecular formula is C24H19N3O2. The molecular weight excluding hydrogens is 362 g/mol. The second kappa shape index (κ2) is 7.86. The van der Waals surface area contributed by atoms with Crippen molar-refractivity contribution in [2.75, 3.05) is 5.73 Å². The van der Waals surface area contributed by atoms with Crippen LogP contribution in [0, 0.1) is 0 Å². The molecule has 4 N–H and O–H groups in total. The average molecular weight is 381 g/mol. The maximum atomic E-state index is 11.9. The number of nitrogens with two attached hydrogens (primary N) is 2. The summed E-state index contributed by atoms with van der Waals surface area (Å²) < 4.78 is 5.83. The lowest BCUT2D eigenvalue weighted by molar-refractivity contribution is 0.100. The number of pyridine rings is 1. The molecule has 3 aromatic carbocycles. The minimum Gasteiger partial charge on any atom is -0.457 e. The monoisotopic (exact) mass is 381 g/mol. The van der Waals surface area contributed by atoms with Crippen LogP contribution >= 0.6 is 0 Å². The molecule has 5 heteroatoms. The Labute approximate surface area is 168 Å². The maximum absolute atomic E-state index is 11.9. The first kappa shape index (κ1) is 18.3. The number of ether oxygens (including phenoxy) is 1. The van der Waals surface area contributed by atoms with Crippen molar-refractivity contribution in [1.82, 2.24) is 4.98 Å². The number of hydrogen-bond donors (Lipinski definition) is 2. The first-order chi connectivity index (χ1) is 14.1. The lowest BCUT2D eigenvalue weighted by Gasteiger charge is -2.11. The highest BCUT2D eigenvalue weighted by Gasteiger charge is 2.14. The minimum absolute atomic E-state index is 0.356. The number of nitrogen functional groups attached to an aromatic ring is 1. The number of para-hydroxylation sites is 1. The van der Waals surface area contributed by atoms with E-state index in [-0.39, 0.29) is 0 Å². The molecule has 0 unspecified atom stereocenters. The van der Waals surface area contributed by atoms with E-state index in [1.165, 1.54) is 0 Å².